The summed E-state index contributed by atoms with van der Waals surface area (Å²) in [5.74, 6) is 10.2. The third-order valence-electron chi connectivity index (χ3n) is 16.9. The van der Waals surface area contributed by atoms with Crippen LogP contribution in [-0.2, 0) is 49.3 Å². The van der Waals surface area contributed by atoms with Gasteiger partial charge in [-0.3, -0.25) is 9.36 Å². The Morgan fingerprint density at radius 1 is 0.421 bits per heavy atom. The van der Waals surface area contributed by atoms with Gasteiger partial charge in [0.05, 0.1) is 92.3 Å². The van der Waals surface area contributed by atoms with E-state index in [4.69, 9.17) is 4.52 Å². The molecule has 0 spiro atoms. The summed E-state index contributed by atoms with van der Waals surface area (Å²) in [4.78, 5) is 9.77. The normalized spacial score (nSPS) is 10.8. The molecule has 29 heteroatoms. The number of tetrazole rings is 1. The van der Waals surface area contributed by atoms with Crippen LogP contribution in [0.25, 0.3) is 0 Å². The van der Waals surface area contributed by atoms with Crippen LogP contribution in [0.4, 0.5) is 0 Å². The second-order valence-corrected chi connectivity index (χ2v) is 31.8. The van der Waals surface area contributed by atoms with E-state index in [1.807, 2.05) is 141 Å². The van der Waals surface area contributed by atoms with Crippen molar-refractivity contribution in [2.24, 2.45) is 49.3 Å². The molecule has 0 N–H and O–H groups in total. The maximum Gasteiger partial charge on any atom is 0.265 e. The highest BCUT2D eigenvalue weighted by molar-refractivity contribution is 7.05. The summed E-state index contributed by atoms with van der Waals surface area (Å²) in [6, 6.07) is 0.998. The lowest BCUT2D eigenvalue weighted by Crippen LogP contribution is -2.36. The molecule has 598 valence electrons. The topological polar surface area (TPSA) is 275 Å². The van der Waals surface area contributed by atoms with Gasteiger partial charge in [-0.05, 0) is 169 Å². The molecule has 11 heterocycles. The highest BCUT2D eigenvalue weighted by Gasteiger charge is 2.19. The van der Waals surface area contributed by atoms with Gasteiger partial charge in [0.1, 0.15) is 40.3 Å². The molecule has 0 saturated heterocycles. The predicted octanol–water partition coefficient (Wildman–Crippen LogP) is 17.1. The summed E-state index contributed by atoms with van der Waals surface area (Å²) in [6.07, 6.45) is 9.23. The molecule has 11 aromatic heterocycles. The van der Waals surface area contributed by atoms with Crippen molar-refractivity contribution < 1.29 is 18.4 Å². The first-order valence-corrected chi connectivity index (χ1v) is 38.9. The van der Waals surface area contributed by atoms with Gasteiger partial charge in [-0.1, -0.05) is 150 Å². The van der Waals surface area contributed by atoms with Crippen LogP contribution in [0.15, 0.2) is 40.5 Å². The fourth-order valence-corrected chi connectivity index (χ4v) is 14.3. The standard InChI is InChI=1S/3C8H14N2.C8H13NS.C7H14N3.2C7H13N3.C7H11NO.C6H13N4.C6H10N2O.C6H10N2S/c1-6(2)8-7(3)9-5-10(8)4;1-6(2)8-7(3)5-9-10(8)4;1-6(2)10-7(3)5-9-8(10)4;1-5(2)8-6(3)9-10-7(8)4;1-6(2)7-9(3)5-8-10(7)4;1-5(2)7-6(3)8-9-10(7)4;1-5(2)10-6(3)8-9-7(10)4;1-5(2)7-4-9-8-6(7)3;1-5(2)6-9(3)7-8-10(6)4;2*1-4(2)6-5(3)7-9-8-6/h3*5-6H,1-4H3;5H,1-4H3;5-6H,1-4H3;2*5H,1-4H3;4-5H,1-3H3;5H,1-4H3;2*4H,1-3H3/q;;;;+1;;;;+1;;. The predicted molar refractivity (Wildman–Crippen MR) is 433 cm³/mol. The molecule has 27 nitrogen and oxygen atoms in total. The zero-order valence-corrected chi connectivity index (χ0v) is 75.2. The fourth-order valence-electron chi connectivity index (χ4n) is 12.7. The van der Waals surface area contributed by atoms with Crippen molar-refractivity contribution in [3.63, 3.8) is 0 Å². The van der Waals surface area contributed by atoms with Gasteiger partial charge < -0.3 is 18.2 Å². The van der Waals surface area contributed by atoms with E-state index in [0.717, 1.165) is 63.2 Å². The Hall–Kier alpha value is -8.34. The van der Waals surface area contributed by atoms with E-state index >= 15 is 0 Å². The molecule has 0 radical (unpaired) electrons. The van der Waals surface area contributed by atoms with E-state index in [9.17, 15) is 0 Å². The van der Waals surface area contributed by atoms with E-state index in [0.29, 0.717) is 65.3 Å². The van der Waals surface area contributed by atoms with E-state index in [2.05, 4.69) is 285 Å². The molecule has 0 bridgehead atoms. The number of rotatable bonds is 11. The minimum atomic E-state index is 0.413. The minimum absolute atomic E-state index is 0.413. The van der Waals surface area contributed by atoms with Gasteiger partial charge in [-0.15, -0.1) is 24.7 Å². The van der Waals surface area contributed by atoms with Gasteiger partial charge in [-0.2, -0.15) is 18.2 Å². The van der Waals surface area contributed by atoms with Crippen LogP contribution in [0.2, 0.25) is 0 Å². The Labute approximate surface area is 650 Å². The molecule has 0 unspecified atom stereocenters. The zero-order chi connectivity index (χ0) is 82.3. The summed E-state index contributed by atoms with van der Waals surface area (Å²) in [5.41, 5.74) is 17.5. The summed E-state index contributed by atoms with van der Waals surface area (Å²) < 4.78 is 39.5. The number of aromatic nitrogens is 25. The average Bonchev–Trinajstić information content (AvgIpc) is 1.74. The number of aryl methyl sites for hydroxylation is 19. The van der Waals surface area contributed by atoms with Crippen molar-refractivity contribution >= 4 is 23.3 Å². The van der Waals surface area contributed by atoms with Crippen molar-refractivity contribution in [1.82, 2.24) is 112 Å². The lowest BCUT2D eigenvalue weighted by atomic mass is 10.0. The molecule has 0 aliphatic rings. The molecular weight excluding hydrogens is 1380 g/mol. The monoisotopic (exact) mass is 1520 g/mol. The number of hydrogen-bond acceptors (Lipinski definition) is 20. The van der Waals surface area contributed by atoms with Crippen LogP contribution in [0.3, 0.4) is 0 Å². The maximum atomic E-state index is 4.76. The highest BCUT2D eigenvalue weighted by atomic mass is 32.1. The summed E-state index contributed by atoms with van der Waals surface area (Å²) in [5, 5.41) is 42.9. The maximum absolute atomic E-state index is 4.76. The second-order valence-electron chi connectivity index (χ2n) is 30.3. The molecule has 0 aliphatic heterocycles. The molecule has 107 heavy (non-hydrogen) atoms. The highest BCUT2D eigenvalue weighted by Crippen LogP contribution is 2.26. The minimum Gasteiger partial charge on any atom is -0.364 e. The van der Waals surface area contributed by atoms with E-state index in [-0.39, 0.29) is 0 Å². The van der Waals surface area contributed by atoms with Crippen molar-refractivity contribution in [3.8, 4) is 0 Å². The van der Waals surface area contributed by atoms with Gasteiger partial charge in [-0.25, -0.2) is 19.2 Å². The SMILES string of the molecule is CC(C)c1n(C)nc[n+]1C.CC(C)c1n(C)nn[n+]1C.Cc1cnc(C)n1C(C)C.Cc1cnn(C)c1C(C)C.Cc1ncn(C)c1C(C)C.Cc1nnc(C)n1C(C)C.Cc1nnn(C)c1C(C)C.Cc1nocc1C(C)C.Cc1nonc1C(C)C.Cc1nsc(C)c1C(C)C.Cc1nsnc1C(C)C. The summed E-state index contributed by atoms with van der Waals surface area (Å²) in [7, 11) is 13.7. The van der Waals surface area contributed by atoms with Crippen LogP contribution in [0, 0.1) is 83.1 Å². The fraction of sp³-hybridized carbons (Fsp3) is 0.667. The Morgan fingerprint density at radius 2 is 0.972 bits per heavy atom. The van der Waals surface area contributed by atoms with Crippen LogP contribution in [0.1, 0.15) is 337 Å². The number of imidazole rings is 2. The van der Waals surface area contributed by atoms with Crippen LogP contribution in [0.5, 0.6) is 0 Å². The van der Waals surface area contributed by atoms with E-state index < -0.39 is 0 Å². The molecular formula is C78H139N25O2S2+2. The lowest BCUT2D eigenvalue weighted by molar-refractivity contribution is -0.739. The Balaban J connectivity index is 0.000000589. The van der Waals surface area contributed by atoms with Crippen molar-refractivity contribution in [3.05, 3.63) is 150 Å². The van der Waals surface area contributed by atoms with E-state index in [1.54, 1.807) is 27.2 Å². The number of nitrogens with zero attached hydrogens (tertiary/aromatic N) is 25. The first kappa shape index (κ1) is 96.7. The van der Waals surface area contributed by atoms with E-state index in [1.165, 1.54) is 67.6 Å². The Bertz CT molecular complexity index is 3370. The molecule has 0 aliphatic carbocycles. The smallest absolute Gasteiger partial charge is 0.265 e. The largest absolute Gasteiger partial charge is 0.364 e. The molecule has 0 atom stereocenters. The molecule has 0 fully saturated rings. The second kappa shape index (κ2) is 46.8. The van der Waals surface area contributed by atoms with Crippen LogP contribution in [-0.4, -0.2) is 112 Å². The van der Waals surface area contributed by atoms with Crippen molar-refractivity contribution in [2.45, 2.75) is 301 Å². The Kier molecular flexibility index (Phi) is 42.3. The molecule has 0 amide bonds. The van der Waals surface area contributed by atoms with Crippen molar-refractivity contribution in [2.75, 3.05) is 0 Å². The summed E-state index contributed by atoms with van der Waals surface area (Å²) >= 11 is 2.90. The molecule has 11 aromatic rings. The third kappa shape index (κ3) is 31.0. The lowest BCUT2D eigenvalue weighted by Gasteiger charge is -2.10. The molecule has 0 aromatic carbocycles. The van der Waals surface area contributed by atoms with Crippen LogP contribution >= 0.6 is 23.3 Å². The quantitative estimate of drug-likeness (QED) is 0.109. The first-order chi connectivity index (χ1) is 49.7. The average molecular weight is 1520 g/mol. The molecule has 11 rings (SSSR count). The van der Waals surface area contributed by atoms with Gasteiger partial charge in [0.25, 0.3) is 12.2 Å². The van der Waals surface area contributed by atoms with Gasteiger partial charge in [0.2, 0.25) is 5.82 Å². The third-order valence-corrected chi connectivity index (χ3v) is 18.4. The first-order valence-electron chi connectivity index (χ1n) is 37.4. The Morgan fingerprint density at radius 3 is 1.18 bits per heavy atom. The van der Waals surface area contributed by atoms with Crippen LogP contribution < -0.4 is 9.25 Å². The number of hydrogen-bond donors (Lipinski definition) is 0. The molecule has 0 saturated carbocycles. The van der Waals surface area contributed by atoms with Crippen molar-refractivity contribution in [1.29, 1.82) is 0 Å². The van der Waals surface area contributed by atoms with Gasteiger partial charge >= 0.3 is 0 Å². The van der Waals surface area contributed by atoms with Gasteiger partial charge in [0, 0.05) is 89.8 Å². The zero-order valence-electron chi connectivity index (χ0n) is 73.6. The van der Waals surface area contributed by atoms with Gasteiger partial charge in [0.15, 0.2) is 5.21 Å². The summed E-state index contributed by atoms with van der Waals surface area (Å²) in [6.45, 7) is 71.5.